The van der Waals surface area contributed by atoms with Gasteiger partial charge >= 0.3 is 0 Å². The van der Waals surface area contributed by atoms with Gasteiger partial charge in [0.05, 0.1) is 11.5 Å². The molecule has 0 spiro atoms. The number of nitrogens with one attached hydrogen (secondary N) is 1. The van der Waals surface area contributed by atoms with E-state index in [2.05, 4.69) is 25.2 Å². The lowest BCUT2D eigenvalue weighted by atomic mass is 9.90. The highest BCUT2D eigenvalue weighted by atomic mass is 14.9. The zero-order valence-corrected chi connectivity index (χ0v) is 10.6. The van der Waals surface area contributed by atoms with Crippen molar-refractivity contribution in [3.05, 3.63) is 0 Å². The first-order valence-corrected chi connectivity index (χ1v) is 5.99. The Bertz CT molecular complexity index is 248. The monoisotopic (exact) mass is 208 g/mol. The van der Waals surface area contributed by atoms with Crippen LogP contribution in [-0.4, -0.2) is 13.1 Å². The van der Waals surface area contributed by atoms with Crippen molar-refractivity contribution in [3.8, 4) is 6.07 Å². The van der Waals surface area contributed by atoms with E-state index in [4.69, 9.17) is 5.26 Å². The SMILES string of the molecule is CC(C)(C#N)CCCNCC1CC1(C)C. The Balaban J connectivity index is 1.97. The molecular formula is C13H24N2. The van der Waals surface area contributed by atoms with E-state index < -0.39 is 0 Å². The fraction of sp³-hybridized carbons (Fsp3) is 0.923. The van der Waals surface area contributed by atoms with Gasteiger partial charge in [0, 0.05) is 0 Å². The third-order valence-corrected chi connectivity index (χ3v) is 3.57. The predicted molar refractivity (Wildman–Crippen MR) is 63.4 cm³/mol. The molecule has 1 rings (SSSR count). The molecule has 86 valence electrons. The Morgan fingerprint density at radius 1 is 1.47 bits per heavy atom. The average Bonchev–Trinajstić information content (AvgIpc) is 2.73. The molecule has 15 heavy (non-hydrogen) atoms. The van der Waals surface area contributed by atoms with Gasteiger partial charge in [-0.1, -0.05) is 13.8 Å². The van der Waals surface area contributed by atoms with Crippen molar-refractivity contribution in [2.24, 2.45) is 16.7 Å². The normalized spacial score (nSPS) is 23.5. The maximum absolute atomic E-state index is 8.85. The molecule has 0 heterocycles. The summed E-state index contributed by atoms with van der Waals surface area (Å²) in [5.41, 5.74) is 0.430. The number of hydrogen-bond acceptors (Lipinski definition) is 2. The quantitative estimate of drug-likeness (QED) is 0.681. The van der Waals surface area contributed by atoms with E-state index in [1.807, 2.05) is 13.8 Å². The summed E-state index contributed by atoms with van der Waals surface area (Å²) < 4.78 is 0. The summed E-state index contributed by atoms with van der Waals surface area (Å²) in [5, 5.41) is 12.3. The maximum Gasteiger partial charge on any atom is 0.0683 e. The van der Waals surface area contributed by atoms with Gasteiger partial charge in [-0.2, -0.15) is 5.26 Å². The Morgan fingerprint density at radius 3 is 2.53 bits per heavy atom. The molecule has 0 amide bonds. The molecular weight excluding hydrogens is 184 g/mol. The van der Waals surface area contributed by atoms with Gasteiger partial charge in [-0.15, -0.1) is 0 Å². The molecule has 1 aliphatic carbocycles. The van der Waals surface area contributed by atoms with E-state index in [1.54, 1.807) is 0 Å². The Kier molecular flexibility index (Phi) is 3.78. The Morgan fingerprint density at radius 2 is 2.07 bits per heavy atom. The molecule has 1 saturated carbocycles. The molecule has 2 nitrogen and oxygen atoms in total. The van der Waals surface area contributed by atoms with E-state index in [0.717, 1.165) is 31.8 Å². The predicted octanol–water partition coefficient (Wildman–Crippen LogP) is 2.95. The first-order chi connectivity index (χ1) is 6.87. The van der Waals surface area contributed by atoms with Crippen LogP contribution >= 0.6 is 0 Å². The molecule has 0 aromatic carbocycles. The summed E-state index contributed by atoms with van der Waals surface area (Å²) in [6.07, 6.45) is 3.46. The second-order valence-corrected chi connectivity index (χ2v) is 6.19. The van der Waals surface area contributed by atoms with Crippen LogP contribution in [0.15, 0.2) is 0 Å². The second kappa shape index (κ2) is 4.53. The minimum absolute atomic E-state index is 0.152. The van der Waals surface area contributed by atoms with Gasteiger partial charge in [-0.3, -0.25) is 0 Å². The van der Waals surface area contributed by atoms with Crippen molar-refractivity contribution in [2.75, 3.05) is 13.1 Å². The molecule has 0 aromatic heterocycles. The summed E-state index contributed by atoms with van der Waals surface area (Å²) in [4.78, 5) is 0. The molecule has 0 bridgehead atoms. The van der Waals surface area contributed by atoms with Crippen molar-refractivity contribution in [1.29, 1.82) is 5.26 Å². The zero-order valence-electron chi connectivity index (χ0n) is 10.6. The van der Waals surface area contributed by atoms with Gasteiger partial charge in [-0.25, -0.2) is 0 Å². The van der Waals surface area contributed by atoms with E-state index in [9.17, 15) is 0 Å². The minimum Gasteiger partial charge on any atom is -0.316 e. The van der Waals surface area contributed by atoms with Crippen LogP contribution in [0.4, 0.5) is 0 Å². The molecule has 1 aliphatic rings. The minimum atomic E-state index is -0.152. The molecule has 0 saturated heterocycles. The van der Waals surface area contributed by atoms with Crippen LogP contribution in [-0.2, 0) is 0 Å². The first-order valence-electron chi connectivity index (χ1n) is 5.99. The highest BCUT2D eigenvalue weighted by Gasteiger charge is 2.44. The highest BCUT2D eigenvalue weighted by Crippen LogP contribution is 2.50. The lowest BCUT2D eigenvalue weighted by Gasteiger charge is -2.14. The summed E-state index contributed by atoms with van der Waals surface area (Å²) in [6, 6.07) is 2.34. The number of nitriles is 1. The van der Waals surface area contributed by atoms with E-state index in [1.165, 1.54) is 6.42 Å². The zero-order chi connectivity index (χ0) is 11.5. The summed E-state index contributed by atoms with van der Waals surface area (Å²) in [7, 11) is 0. The summed E-state index contributed by atoms with van der Waals surface area (Å²) >= 11 is 0. The molecule has 1 N–H and O–H groups in total. The highest BCUT2D eigenvalue weighted by molar-refractivity contribution is 4.96. The van der Waals surface area contributed by atoms with E-state index in [-0.39, 0.29) is 5.41 Å². The van der Waals surface area contributed by atoms with Crippen molar-refractivity contribution in [2.45, 2.75) is 47.0 Å². The van der Waals surface area contributed by atoms with Gasteiger partial charge in [0.1, 0.15) is 0 Å². The molecule has 1 atom stereocenters. The van der Waals surface area contributed by atoms with Crippen LogP contribution in [0, 0.1) is 28.1 Å². The molecule has 1 fully saturated rings. The smallest absolute Gasteiger partial charge is 0.0683 e. The average molecular weight is 208 g/mol. The van der Waals surface area contributed by atoms with Gasteiger partial charge in [0.25, 0.3) is 0 Å². The van der Waals surface area contributed by atoms with Crippen molar-refractivity contribution in [3.63, 3.8) is 0 Å². The second-order valence-electron chi connectivity index (χ2n) is 6.19. The number of hydrogen-bond donors (Lipinski definition) is 1. The molecule has 1 unspecified atom stereocenters. The van der Waals surface area contributed by atoms with Gasteiger partial charge < -0.3 is 5.32 Å². The maximum atomic E-state index is 8.85. The molecule has 0 radical (unpaired) electrons. The van der Waals surface area contributed by atoms with Crippen molar-refractivity contribution < 1.29 is 0 Å². The van der Waals surface area contributed by atoms with Gasteiger partial charge in [0.2, 0.25) is 0 Å². The molecule has 0 aliphatic heterocycles. The van der Waals surface area contributed by atoms with Gasteiger partial charge in [-0.05, 0) is 57.5 Å². The van der Waals surface area contributed by atoms with Crippen LogP contribution < -0.4 is 5.32 Å². The third-order valence-electron chi connectivity index (χ3n) is 3.57. The topological polar surface area (TPSA) is 35.8 Å². The molecule has 0 aromatic rings. The third kappa shape index (κ3) is 4.22. The van der Waals surface area contributed by atoms with E-state index >= 15 is 0 Å². The van der Waals surface area contributed by atoms with Crippen LogP contribution in [0.2, 0.25) is 0 Å². The fourth-order valence-corrected chi connectivity index (χ4v) is 1.91. The Hall–Kier alpha value is -0.550. The van der Waals surface area contributed by atoms with Crippen LogP contribution in [0.3, 0.4) is 0 Å². The first kappa shape index (κ1) is 12.5. The van der Waals surface area contributed by atoms with Crippen LogP contribution in [0.5, 0.6) is 0 Å². The standard InChI is InChI=1S/C13H24N2/c1-12(2,10-14)6-5-7-15-9-11-8-13(11,3)4/h11,15H,5-9H2,1-4H3. The van der Waals surface area contributed by atoms with Crippen LogP contribution in [0.1, 0.15) is 47.0 Å². The van der Waals surface area contributed by atoms with E-state index in [0.29, 0.717) is 5.41 Å². The number of rotatable bonds is 6. The van der Waals surface area contributed by atoms with Crippen molar-refractivity contribution >= 4 is 0 Å². The van der Waals surface area contributed by atoms with Gasteiger partial charge in [0.15, 0.2) is 0 Å². The Labute approximate surface area is 94.1 Å². The number of nitrogens with zero attached hydrogens (tertiary/aromatic N) is 1. The fourth-order valence-electron chi connectivity index (χ4n) is 1.91. The summed E-state index contributed by atoms with van der Waals surface area (Å²) in [6.45, 7) is 10.9. The lowest BCUT2D eigenvalue weighted by Crippen LogP contribution is -2.21. The molecule has 2 heteroatoms. The lowest BCUT2D eigenvalue weighted by molar-refractivity contribution is 0.420. The van der Waals surface area contributed by atoms with Crippen LogP contribution in [0.25, 0.3) is 0 Å². The summed E-state index contributed by atoms with van der Waals surface area (Å²) in [5.74, 6) is 0.876. The largest absolute Gasteiger partial charge is 0.316 e. The van der Waals surface area contributed by atoms with Crippen molar-refractivity contribution in [1.82, 2.24) is 5.32 Å².